The molecule has 0 fully saturated rings. The third kappa shape index (κ3) is 7.30. The third-order valence-electron chi connectivity index (χ3n) is 6.02. The van der Waals surface area contributed by atoms with E-state index in [9.17, 15) is 24.6 Å². The number of aromatic nitrogens is 1. The molecule has 0 saturated carbocycles. The lowest BCUT2D eigenvalue weighted by atomic mass is 10.0. The molecule has 3 atom stereocenters. The second-order valence-corrected chi connectivity index (χ2v) is 8.79. The van der Waals surface area contributed by atoms with E-state index in [0.717, 1.165) is 22.0 Å². The van der Waals surface area contributed by atoms with Crippen LogP contribution >= 0.6 is 0 Å². The summed E-state index contributed by atoms with van der Waals surface area (Å²) in [6.07, 6.45) is 3.52. The van der Waals surface area contributed by atoms with Crippen molar-refractivity contribution in [2.75, 3.05) is 6.54 Å². The summed E-state index contributed by atoms with van der Waals surface area (Å²) in [5, 5.41) is 25.2. The van der Waals surface area contributed by atoms with E-state index in [-0.39, 0.29) is 25.0 Å². The van der Waals surface area contributed by atoms with E-state index in [1.165, 1.54) is 12.1 Å². The van der Waals surface area contributed by atoms with E-state index in [4.69, 9.17) is 11.5 Å². The highest BCUT2D eigenvalue weighted by atomic mass is 16.4. The van der Waals surface area contributed by atoms with Crippen LogP contribution in [0.15, 0.2) is 54.7 Å². The largest absolute Gasteiger partial charge is 0.508 e. The van der Waals surface area contributed by atoms with Gasteiger partial charge in [0, 0.05) is 23.5 Å². The molecule has 1 heterocycles. The average molecular weight is 496 g/mol. The zero-order valence-corrected chi connectivity index (χ0v) is 19.9. The van der Waals surface area contributed by atoms with Crippen LogP contribution in [0.3, 0.4) is 0 Å². The molecule has 0 aliphatic rings. The number of carboxylic acids is 1. The first-order chi connectivity index (χ1) is 17.3. The Balaban J connectivity index is 1.76. The van der Waals surface area contributed by atoms with Gasteiger partial charge in [0.25, 0.3) is 0 Å². The topological polar surface area (TPSA) is 184 Å². The average Bonchev–Trinajstić information content (AvgIpc) is 3.27. The monoisotopic (exact) mass is 495 g/mol. The number of rotatable bonds is 13. The minimum absolute atomic E-state index is 0.103. The van der Waals surface area contributed by atoms with Crippen LogP contribution in [0.1, 0.15) is 30.4 Å². The molecule has 0 unspecified atom stereocenters. The Labute approximate surface area is 209 Å². The molecule has 10 heteroatoms. The van der Waals surface area contributed by atoms with Gasteiger partial charge in [0.1, 0.15) is 17.8 Å². The Kier molecular flexibility index (Phi) is 9.43. The number of nitrogens with two attached hydrogens (primary N) is 2. The smallest absolute Gasteiger partial charge is 0.326 e. The van der Waals surface area contributed by atoms with Gasteiger partial charge in [0.15, 0.2) is 0 Å². The van der Waals surface area contributed by atoms with Gasteiger partial charge in [-0.1, -0.05) is 30.3 Å². The maximum Gasteiger partial charge on any atom is 0.326 e. The molecular formula is C26H33N5O5. The number of H-pyrrole nitrogens is 1. The Morgan fingerprint density at radius 1 is 0.917 bits per heavy atom. The molecule has 0 radical (unpaired) electrons. The number of aromatic amines is 1. The van der Waals surface area contributed by atoms with Gasteiger partial charge in [-0.3, -0.25) is 9.59 Å². The molecule has 0 aliphatic heterocycles. The van der Waals surface area contributed by atoms with E-state index in [1.54, 1.807) is 18.3 Å². The maximum absolute atomic E-state index is 13.2. The second-order valence-electron chi connectivity index (χ2n) is 8.79. The third-order valence-corrected chi connectivity index (χ3v) is 6.02. The van der Waals surface area contributed by atoms with E-state index < -0.39 is 35.9 Å². The standard InChI is InChI=1S/C26H33N5O5/c27-12-4-3-7-22(26(35)36)30-25(34)23(14-17-15-29-21-6-2-1-5-19(17)21)31-24(33)20(28)13-16-8-10-18(32)11-9-16/h1-2,5-6,8-11,15,20,22-23,29,32H,3-4,7,12-14,27-28H2,(H,30,34)(H,31,33)(H,35,36)/t20-,22-,23-/m0/s1. The first kappa shape index (κ1) is 26.7. The maximum atomic E-state index is 13.2. The lowest BCUT2D eigenvalue weighted by Crippen LogP contribution is -2.55. The number of aliphatic carboxylic acids is 1. The van der Waals surface area contributed by atoms with Crippen molar-refractivity contribution in [3.8, 4) is 5.75 Å². The fourth-order valence-electron chi connectivity index (χ4n) is 4.01. The van der Waals surface area contributed by atoms with E-state index >= 15 is 0 Å². The predicted octanol–water partition coefficient (Wildman–Crippen LogP) is 1.17. The van der Waals surface area contributed by atoms with Crippen molar-refractivity contribution in [3.63, 3.8) is 0 Å². The molecule has 10 nitrogen and oxygen atoms in total. The molecule has 1 aromatic heterocycles. The first-order valence-electron chi connectivity index (χ1n) is 11.9. The van der Waals surface area contributed by atoms with Crippen molar-refractivity contribution in [1.29, 1.82) is 0 Å². The summed E-state index contributed by atoms with van der Waals surface area (Å²) in [5.41, 5.74) is 14.0. The number of benzene rings is 2. The fourth-order valence-corrected chi connectivity index (χ4v) is 4.01. The zero-order chi connectivity index (χ0) is 26.1. The van der Waals surface area contributed by atoms with Gasteiger partial charge < -0.3 is 37.3 Å². The number of aromatic hydroxyl groups is 1. The van der Waals surface area contributed by atoms with Crippen LogP contribution in [0.4, 0.5) is 0 Å². The number of hydrogen-bond acceptors (Lipinski definition) is 6. The number of carbonyl (C=O) groups excluding carboxylic acids is 2. The first-order valence-corrected chi connectivity index (χ1v) is 11.9. The van der Waals surface area contributed by atoms with Crippen LogP contribution < -0.4 is 22.1 Å². The van der Waals surface area contributed by atoms with Crippen LogP contribution in [-0.2, 0) is 27.2 Å². The van der Waals surface area contributed by atoms with Crippen LogP contribution in [0.25, 0.3) is 10.9 Å². The minimum Gasteiger partial charge on any atom is -0.508 e. The number of para-hydroxylation sites is 1. The Morgan fingerprint density at radius 2 is 1.61 bits per heavy atom. The molecule has 192 valence electrons. The van der Waals surface area contributed by atoms with Crippen LogP contribution in [0, 0.1) is 0 Å². The van der Waals surface area contributed by atoms with Gasteiger partial charge >= 0.3 is 5.97 Å². The van der Waals surface area contributed by atoms with Crippen LogP contribution in [-0.4, -0.2) is 57.7 Å². The molecule has 0 aliphatic carbocycles. The zero-order valence-electron chi connectivity index (χ0n) is 19.9. The molecule has 36 heavy (non-hydrogen) atoms. The molecule has 0 saturated heterocycles. The molecule has 2 amide bonds. The van der Waals surface area contributed by atoms with Gasteiger partial charge in [-0.2, -0.15) is 0 Å². The minimum atomic E-state index is -1.15. The van der Waals surface area contributed by atoms with Crippen molar-refractivity contribution in [2.45, 2.75) is 50.2 Å². The number of phenols is 1. The number of hydrogen-bond donors (Lipinski definition) is 7. The van der Waals surface area contributed by atoms with Gasteiger partial charge in [-0.25, -0.2) is 4.79 Å². The number of carbonyl (C=O) groups is 3. The lowest BCUT2D eigenvalue weighted by molar-refractivity contribution is -0.142. The van der Waals surface area contributed by atoms with Crippen molar-refractivity contribution in [3.05, 3.63) is 65.9 Å². The molecule has 2 aromatic carbocycles. The van der Waals surface area contributed by atoms with Crippen molar-refractivity contribution in [2.24, 2.45) is 11.5 Å². The van der Waals surface area contributed by atoms with Crippen LogP contribution in [0.2, 0.25) is 0 Å². The van der Waals surface area contributed by atoms with E-state index in [0.29, 0.717) is 19.4 Å². The van der Waals surface area contributed by atoms with Crippen LogP contribution in [0.5, 0.6) is 5.75 Å². The number of unbranched alkanes of at least 4 members (excludes halogenated alkanes) is 1. The summed E-state index contributed by atoms with van der Waals surface area (Å²) < 4.78 is 0. The Bertz CT molecular complexity index is 1180. The number of fused-ring (bicyclic) bond motifs is 1. The lowest BCUT2D eigenvalue weighted by Gasteiger charge is -2.23. The fraction of sp³-hybridized carbons (Fsp3) is 0.346. The van der Waals surface area contributed by atoms with E-state index in [2.05, 4.69) is 15.6 Å². The summed E-state index contributed by atoms with van der Waals surface area (Å²) in [6, 6.07) is 10.8. The van der Waals surface area contributed by atoms with Crippen molar-refractivity contribution < 1.29 is 24.6 Å². The van der Waals surface area contributed by atoms with Gasteiger partial charge in [-0.15, -0.1) is 0 Å². The molecule has 3 rings (SSSR count). The highest BCUT2D eigenvalue weighted by Gasteiger charge is 2.28. The number of nitrogens with one attached hydrogen (secondary N) is 3. The molecular weight excluding hydrogens is 462 g/mol. The Morgan fingerprint density at radius 3 is 2.31 bits per heavy atom. The van der Waals surface area contributed by atoms with Gasteiger partial charge in [0.05, 0.1) is 6.04 Å². The van der Waals surface area contributed by atoms with Gasteiger partial charge in [0.2, 0.25) is 11.8 Å². The number of phenolic OH excluding ortho intramolecular Hbond substituents is 1. The summed E-state index contributed by atoms with van der Waals surface area (Å²) in [4.78, 5) is 41.0. The highest BCUT2D eigenvalue weighted by Crippen LogP contribution is 2.19. The quantitative estimate of drug-likeness (QED) is 0.174. The van der Waals surface area contributed by atoms with Crippen molar-refractivity contribution in [1.82, 2.24) is 15.6 Å². The van der Waals surface area contributed by atoms with Crippen molar-refractivity contribution >= 4 is 28.7 Å². The molecule has 0 spiro atoms. The predicted molar refractivity (Wildman–Crippen MR) is 136 cm³/mol. The molecule has 9 N–H and O–H groups in total. The SMILES string of the molecule is NCCCC[C@H](NC(=O)[C@H](Cc1c[nH]c2ccccc12)NC(=O)[C@@H](N)Cc1ccc(O)cc1)C(=O)O. The van der Waals surface area contributed by atoms with E-state index in [1.807, 2.05) is 24.3 Å². The summed E-state index contributed by atoms with van der Waals surface area (Å²) in [6.45, 7) is 0.429. The highest BCUT2D eigenvalue weighted by molar-refractivity contribution is 5.93. The summed E-state index contributed by atoms with van der Waals surface area (Å²) >= 11 is 0. The molecule has 3 aromatic rings. The molecule has 0 bridgehead atoms. The summed E-state index contributed by atoms with van der Waals surface area (Å²) in [5.74, 6) is -2.20. The number of amides is 2. The normalized spacial score (nSPS) is 13.6. The van der Waals surface area contributed by atoms with Gasteiger partial charge in [-0.05, 0) is 61.6 Å². The summed E-state index contributed by atoms with van der Waals surface area (Å²) in [7, 11) is 0. The number of carboxylic acid groups (broad SMARTS) is 1. The Hall–Kier alpha value is -3.89. The second kappa shape index (κ2) is 12.7.